The van der Waals surface area contributed by atoms with Crippen LogP contribution in [0.5, 0.6) is 0 Å². The second kappa shape index (κ2) is 3.90. The average Bonchev–Trinajstić information content (AvgIpc) is 2.50. The fraction of sp³-hybridized carbons (Fsp3) is 0.444. The van der Waals surface area contributed by atoms with Crippen molar-refractivity contribution < 1.29 is 9.90 Å². The Hall–Kier alpha value is -0.560. The van der Waals surface area contributed by atoms with Crippen LogP contribution in [0.2, 0.25) is 0 Å². The van der Waals surface area contributed by atoms with Gasteiger partial charge in [-0.3, -0.25) is 4.79 Å². The highest BCUT2D eigenvalue weighted by Crippen LogP contribution is 2.31. The van der Waals surface area contributed by atoms with Gasteiger partial charge in [0.1, 0.15) is 0 Å². The predicted molar refractivity (Wildman–Crippen MR) is 61.9 cm³/mol. The summed E-state index contributed by atoms with van der Waals surface area (Å²) in [5, 5.41) is 8.98. The van der Waals surface area contributed by atoms with Crippen LogP contribution in [0, 0.1) is 8.99 Å². The average molecular weight is 308 g/mol. The number of aromatic amines is 1. The van der Waals surface area contributed by atoms with E-state index in [0.717, 1.165) is 9.26 Å². The van der Waals surface area contributed by atoms with Crippen LogP contribution in [0.4, 0.5) is 0 Å². The highest BCUT2D eigenvalue weighted by atomic mass is 127. The van der Waals surface area contributed by atoms with Crippen LogP contribution in [-0.4, -0.2) is 16.1 Å². The van der Waals surface area contributed by atoms with Gasteiger partial charge < -0.3 is 15.8 Å². The monoisotopic (exact) mass is 308 g/mol. The molecule has 0 radical (unpaired) electrons. The lowest BCUT2D eigenvalue weighted by molar-refractivity contribution is -0.148. The fourth-order valence-corrected chi connectivity index (χ4v) is 1.58. The minimum Gasteiger partial charge on any atom is -0.481 e. The van der Waals surface area contributed by atoms with E-state index in [0.29, 0.717) is 0 Å². The zero-order valence-corrected chi connectivity index (χ0v) is 10.2. The Kier molecular flexibility index (Phi) is 3.20. The van der Waals surface area contributed by atoms with Crippen LogP contribution >= 0.6 is 22.6 Å². The van der Waals surface area contributed by atoms with Crippen molar-refractivity contribution in [3.8, 4) is 0 Å². The van der Waals surface area contributed by atoms with Gasteiger partial charge in [-0.2, -0.15) is 0 Å². The van der Waals surface area contributed by atoms with Gasteiger partial charge in [-0.15, -0.1) is 0 Å². The zero-order chi connectivity index (χ0) is 10.9. The van der Waals surface area contributed by atoms with Crippen LogP contribution in [0.1, 0.15) is 25.6 Å². The van der Waals surface area contributed by atoms with E-state index >= 15 is 0 Å². The molecule has 0 spiro atoms. The van der Waals surface area contributed by atoms with E-state index in [9.17, 15) is 4.79 Å². The van der Waals surface area contributed by atoms with Crippen LogP contribution in [0.25, 0.3) is 0 Å². The lowest BCUT2D eigenvalue weighted by atomic mass is 9.83. The first-order chi connectivity index (χ1) is 6.35. The van der Waals surface area contributed by atoms with Gasteiger partial charge in [0, 0.05) is 15.5 Å². The highest BCUT2D eigenvalue weighted by Gasteiger charge is 2.36. The van der Waals surface area contributed by atoms with Crippen LogP contribution < -0.4 is 5.73 Å². The molecule has 1 rings (SSSR count). The van der Waals surface area contributed by atoms with Crippen LogP contribution in [-0.2, 0) is 4.79 Å². The standard InChI is InChI=1S/C9H13IN2O2/c1-9(2,8(13)14)7(11)6-3-5(10)4-12-6/h3-4,7,12H,11H2,1-2H3,(H,13,14)/t7-/m1/s1. The van der Waals surface area contributed by atoms with Crippen molar-refractivity contribution in [3.05, 3.63) is 21.5 Å². The molecular formula is C9H13IN2O2. The number of nitrogens with two attached hydrogens (primary N) is 1. The van der Waals surface area contributed by atoms with Crippen molar-refractivity contribution in [1.29, 1.82) is 0 Å². The third kappa shape index (κ3) is 2.09. The summed E-state index contributed by atoms with van der Waals surface area (Å²) in [5.41, 5.74) is 5.66. The first-order valence-corrected chi connectivity index (χ1v) is 5.26. The fourth-order valence-electron chi connectivity index (χ4n) is 1.09. The summed E-state index contributed by atoms with van der Waals surface area (Å²) in [5.74, 6) is -0.894. The molecule has 4 nitrogen and oxygen atoms in total. The summed E-state index contributed by atoms with van der Waals surface area (Å²) in [6, 6.07) is 1.33. The maximum absolute atomic E-state index is 10.9. The summed E-state index contributed by atoms with van der Waals surface area (Å²) in [4.78, 5) is 13.9. The third-order valence-electron chi connectivity index (χ3n) is 2.33. The number of rotatable bonds is 3. The SMILES string of the molecule is CC(C)(C(=O)O)[C@H](N)c1cc(I)c[nH]1. The molecule has 0 aliphatic carbocycles. The number of aliphatic carboxylic acids is 1. The summed E-state index contributed by atoms with van der Waals surface area (Å²) < 4.78 is 1.02. The van der Waals surface area contributed by atoms with Gasteiger partial charge >= 0.3 is 5.97 Å². The van der Waals surface area contributed by atoms with Gasteiger partial charge in [-0.1, -0.05) is 0 Å². The number of carboxylic acids is 1. The van der Waals surface area contributed by atoms with E-state index in [1.54, 1.807) is 20.0 Å². The smallest absolute Gasteiger partial charge is 0.311 e. The van der Waals surface area contributed by atoms with Crippen molar-refractivity contribution >= 4 is 28.6 Å². The van der Waals surface area contributed by atoms with Gasteiger partial charge in [0.15, 0.2) is 0 Å². The molecule has 1 atom stereocenters. The summed E-state index contributed by atoms with van der Waals surface area (Å²) in [7, 11) is 0. The minimum absolute atomic E-state index is 0.525. The quantitative estimate of drug-likeness (QED) is 0.744. The molecule has 1 aromatic rings. The Balaban J connectivity index is 2.95. The van der Waals surface area contributed by atoms with Crippen LogP contribution in [0.3, 0.4) is 0 Å². The molecule has 0 amide bonds. The Bertz CT molecular complexity index is 346. The normalized spacial score (nSPS) is 14.0. The van der Waals surface area contributed by atoms with E-state index in [2.05, 4.69) is 27.6 Å². The van der Waals surface area contributed by atoms with Crippen molar-refractivity contribution in [2.24, 2.45) is 11.1 Å². The second-order valence-electron chi connectivity index (χ2n) is 3.78. The number of H-pyrrole nitrogens is 1. The van der Waals surface area contributed by atoms with Gasteiger partial charge in [0.25, 0.3) is 0 Å². The molecular weight excluding hydrogens is 295 g/mol. The number of carbonyl (C=O) groups is 1. The Morgan fingerprint density at radius 3 is 2.64 bits per heavy atom. The maximum atomic E-state index is 10.9. The lowest BCUT2D eigenvalue weighted by Crippen LogP contribution is -2.36. The van der Waals surface area contributed by atoms with E-state index in [1.807, 2.05) is 6.07 Å². The zero-order valence-electron chi connectivity index (χ0n) is 8.04. The van der Waals surface area contributed by atoms with Gasteiger partial charge in [0.05, 0.1) is 11.5 Å². The molecule has 4 N–H and O–H groups in total. The molecule has 0 saturated carbocycles. The van der Waals surface area contributed by atoms with Crippen molar-refractivity contribution in [2.75, 3.05) is 0 Å². The summed E-state index contributed by atoms with van der Waals surface area (Å²) >= 11 is 2.15. The summed E-state index contributed by atoms with van der Waals surface area (Å²) in [6.07, 6.45) is 1.80. The lowest BCUT2D eigenvalue weighted by Gasteiger charge is -2.26. The Morgan fingerprint density at radius 2 is 2.29 bits per heavy atom. The van der Waals surface area contributed by atoms with Crippen LogP contribution in [0.15, 0.2) is 12.3 Å². The molecule has 78 valence electrons. The van der Waals surface area contributed by atoms with E-state index in [1.165, 1.54) is 0 Å². The second-order valence-corrected chi connectivity index (χ2v) is 5.02. The Morgan fingerprint density at radius 1 is 1.71 bits per heavy atom. The van der Waals surface area contributed by atoms with Crippen molar-refractivity contribution in [2.45, 2.75) is 19.9 Å². The molecule has 0 bridgehead atoms. The molecule has 0 saturated heterocycles. The molecule has 1 heterocycles. The van der Waals surface area contributed by atoms with Crippen molar-refractivity contribution in [3.63, 3.8) is 0 Å². The highest BCUT2D eigenvalue weighted by molar-refractivity contribution is 14.1. The number of halogens is 1. The first-order valence-electron chi connectivity index (χ1n) is 4.18. The molecule has 1 aromatic heterocycles. The number of aromatic nitrogens is 1. The topological polar surface area (TPSA) is 79.1 Å². The molecule has 0 unspecified atom stereocenters. The molecule has 0 aliphatic rings. The molecule has 0 aliphatic heterocycles. The molecule has 14 heavy (non-hydrogen) atoms. The number of carboxylic acid groups (broad SMARTS) is 1. The van der Waals surface area contributed by atoms with E-state index in [-0.39, 0.29) is 0 Å². The van der Waals surface area contributed by atoms with Crippen molar-refractivity contribution in [1.82, 2.24) is 4.98 Å². The number of hydrogen-bond donors (Lipinski definition) is 3. The maximum Gasteiger partial charge on any atom is 0.311 e. The van der Waals surface area contributed by atoms with E-state index < -0.39 is 17.4 Å². The predicted octanol–water partition coefficient (Wildman–Crippen LogP) is 1.73. The molecule has 5 heteroatoms. The molecule has 0 fully saturated rings. The van der Waals surface area contributed by atoms with Gasteiger partial charge in [-0.05, 0) is 42.5 Å². The van der Waals surface area contributed by atoms with Gasteiger partial charge in [0.2, 0.25) is 0 Å². The summed E-state index contributed by atoms with van der Waals surface area (Å²) in [6.45, 7) is 3.24. The third-order valence-corrected chi connectivity index (χ3v) is 2.96. The van der Waals surface area contributed by atoms with Gasteiger partial charge in [-0.25, -0.2) is 0 Å². The largest absolute Gasteiger partial charge is 0.481 e. The van der Waals surface area contributed by atoms with E-state index in [4.69, 9.17) is 10.8 Å². The number of hydrogen-bond acceptors (Lipinski definition) is 2. The Labute approximate surface area is 96.0 Å². The minimum atomic E-state index is -0.964. The molecule has 0 aromatic carbocycles. The first kappa shape index (κ1) is 11.5. The number of nitrogens with one attached hydrogen (secondary N) is 1.